The fourth-order valence-electron chi connectivity index (χ4n) is 1.97. The van der Waals surface area contributed by atoms with Crippen LogP contribution in [0.3, 0.4) is 0 Å². The summed E-state index contributed by atoms with van der Waals surface area (Å²) in [5.74, 6) is 0.639. The molecule has 0 bridgehead atoms. The molecule has 2 aromatic heterocycles. The molecule has 0 unspecified atom stereocenters. The van der Waals surface area contributed by atoms with Crippen LogP contribution in [0.1, 0.15) is 23.7 Å². The fourth-order valence-corrected chi connectivity index (χ4v) is 1.97. The molecule has 2 rings (SSSR count). The summed E-state index contributed by atoms with van der Waals surface area (Å²) in [6, 6.07) is 0. The van der Waals surface area contributed by atoms with Crippen LogP contribution in [0.2, 0.25) is 0 Å². The summed E-state index contributed by atoms with van der Waals surface area (Å²) in [7, 11) is 1.86. The molecule has 0 amide bonds. The third-order valence-corrected chi connectivity index (χ3v) is 3.04. The van der Waals surface area contributed by atoms with E-state index in [1.807, 2.05) is 27.8 Å². The van der Waals surface area contributed by atoms with Crippen molar-refractivity contribution in [1.29, 1.82) is 0 Å². The first-order valence-electron chi connectivity index (χ1n) is 5.98. The van der Waals surface area contributed by atoms with Gasteiger partial charge in [-0.2, -0.15) is 14.6 Å². The number of hydrogen-bond donors (Lipinski definition) is 1. The lowest BCUT2D eigenvalue weighted by molar-refractivity contribution is 0.464. The van der Waals surface area contributed by atoms with Gasteiger partial charge in [0.15, 0.2) is 0 Å². The van der Waals surface area contributed by atoms with E-state index in [0.29, 0.717) is 18.7 Å². The summed E-state index contributed by atoms with van der Waals surface area (Å²) in [5, 5.41) is 11.5. The van der Waals surface area contributed by atoms with Crippen LogP contribution in [0, 0.1) is 19.8 Å². The highest BCUT2D eigenvalue weighted by Gasteiger charge is 2.14. The van der Waals surface area contributed by atoms with E-state index in [2.05, 4.69) is 15.5 Å². The van der Waals surface area contributed by atoms with Gasteiger partial charge in [0.1, 0.15) is 5.82 Å². The maximum atomic E-state index is 14.0. The normalized spacial score (nSPS) is 10.4. The summed E-state index contributed by atoms with van der Waals surface area (Å²) < 4.78 is 17.1. The lowest BCUT2D eigenvalue weighted by atomic mass is 10.2. The van der Waals surface area contributed by atoms with Crippen LogP contribution < -0.4 is 5.32 Å². The van der Waals surface area contributed by atoms with Gasteiger partial charge in [-0.1, -0.05) is 0 Å². The zero-order valence-corrected chi connectivity index (χ0v) is 12.4. The number of hydrogen-bond acceptors (Lipinski definition) is 3. The number of nitrogens with zero attached hydrogens (tertiary/aromatic N) is 4. The Morgan fingerprint density at radius 2 is 2.05 bits per heavy atom. The Labute approximate surface area is 118 Å². The lowest BCUT2D eigenvalue weighted by Crippen LogP contribution is -2.08. The van der Waals surface area contributed by atoms with E-state index in [-0.39, 0.29) is 18.4 Å². The fraction of sp³-hybridized carbons (Fsp3) is 0.500. The van der Waals surface area contributed by atoms with Gasteiger partial charge in [0, 0.05) is 31.3 Å². The first-order chi connectivity index (χ1) is 8.54. The molecule has 0 aromatic carbocycles. The maximum absolute atomic E-state index is 14.0. The Morgan fingerprint density at radius 1 is 1.37 bits per heavy atom. The van der Waals surface area contributed by atoms with Gasteiger partial charge in [0.05, 0.1) is 11.9 Å². The zero-order valence-electron chi connectivity index (χ0n) is 11.6. The van der Waals surface area contributed by atoms with Gasteiger partial charge < -0.3 is 5.32 Å². The molecule has 0 saturated carbocycles. The number of aryl methyl sites for hydroxylation is 4. The van der Waals surface area contributed by atoms with Crippen molar-refractivity contribution < 1.29 is 4.39 Å². The second-order valence-electron chi connectivity index (χ2n) is 4.32. The highest BCUT2D eigenvalue weighted by Crippen LogP contribution is 2.17. The first kappa shape index (κ1) is 15.5. The minimum atomic E-state index is -0.262. The van der Waals surface area contributed by atoms with Crippen molar-refractivity contribution in [3.05, 3.63) is 29.0 Å². The first-order valence-corrected chi connectivity index (χ1v) is 5.98. The molecule has 0 aliphatic carbocycles. The molecular weight excluding hydrogens is 269 g/mol. The minimum Gasteiger partial charge on any atom is -0.366 e. The molecule has 7 heteroatoms. The number of halogens is 2. The summed E-state index contributed by atoms with van der Waals surface area (Å²) in [4.78, 5) is 0. The monoisotopic (exact) mass is 287 g/mol. The van der Waals surface area contributed by atoms with Crippen LogP contribution in [0.5, 0.6) is 0 Å². The Bertz CT molecular complexity index is 541. The second-order valence-corrected chi connectivity index (χ2v) is 4.32. The second kappa shape index (κ2) is 6.06. The van der Waals surface area contributed by atoms with Crippen LogP contribution in [-0.4, -0.2) is 19.6 Å². The Balaban J connectivity index is 0.00000180. The van der Waals surface area contributed by atoms with E-state index >= 15 is 0 Å². The third kappa shape index (κ3) is 2.89. The Morgan fingerprint density at radius 3 is 2.53 bits per heavy atom. The van der Waals surface area contributed by atoms with Crippen LogP contribution in [0.15, 0.2) is 6.20 Å². The molecule has 2 aromatic rings. The zero-order chi connectivity index (χ0) is 13.3. The number of anilines is 1. The summed E-state index contributed by atoms with van der Waals surface area (Å²) >= 11 is 0. The lowest BCUT2D eigenvalue weighted by Gasteiger charge is -2.07. The maximum Gasteiger partial charge on any atom is 0.216 e. The molecule has 0 atom stereocenters. The molecular formula is C12H19ClFN5. The summed E-state index contributed by atoms with van der Waals surface area (Å²) in [5.41, 5.74) is 2.37. The molecule has 0 spiro atoms. The predicted octanol–water partition coefficient (Wildman–Crippen LogP) is 2.43. The largest absolute Gasteiger partial charge is 0.366 e. The van der Waals surface area contributed by atoms with E-state index in [4.69, 9.17) is 0 Å². The van der Waals surface area contributed by atoms with Crippen molar-refractivity contribution in [2.45, 2.75) is 33.9 Å². The van der Waals surface area contributed by atoms with Crippen molar-refractivity contribution in [2.24, 2.45) is 7.05 Å². The van der Waals surface area contributed by atoms with Crippen LogP contribution in [-0.2, 0) is 20.1 Å². The average molecular weight is 288 g/mol. The van der Waals surface area contributed by atoms with E-state index in [0.717, 1.165) is 17.1 Å². The average Bonchev–Trinajstić information content (AvgIpc) is 2.80. The van der Waals surface area contributed by atoms with Crippen LogP contribution in [0.4, 0.5) is 10.2 Å². The van der Waals surface area contributed by atoms with Gasteiger partial charge in [-0.3, -0.25) is 4.68 Å². The SMILES string of the molecule is CCn1nc(C)c(CNc2c(C)cnn2C)c1F.Cl. The molecule has 19 heavy (non-hydrogen) atoms. The van der Waals surface area contributed by atoms with Crippen molar-refractivity contribution >= 4 is 18.2 Å². The van der Waals surface area contributed by atoms with Gasteiger partial charge >= 0.3 is 0 Å². The highest BCUT2D eigenvalue weighted by molar-refractivity contribution is 5.85. The van der Waals surface area contributed by atoms with Gasteiger partial charge in [0.2, 0.25) is 5.95 Å². The molecule has 106 valence electrons. The number of nitrogens with one attached hydrogen (secondary N) is 1. The molecule has 1 N–H and O–H groups in total. The smallest absolute Gasteiger partial charge is 0.216 e. The standard InChI is InChI=1S/C12H18FN5.ClH/c1-5-18-11(13)10(9(3)16-18)7-14-12-8(2)6-15-17(12)4;/h6,14H,5,7H2,1-4H3;1H. The van der Waals surface area contributed by atoms with Crippen molar-refractivity contribution in [3.8, 4) is 0 Å². The van der Waals surface area contributed by atoms with Crippen molar-refractivity contribution in [3.63, 3.8) is 0 Å². The summed E-state index contributed by atoms with van der Waals surface area (Å²) in [6.07, 6.45) is 1.78. The molecule has 0 aliphatic rings. The Kier molecular flexibility index (Phi) is 4.94. The minimum absolute atomic E-state index is 0. The van der Waals surface area contributed by atoms with E-state index in [1.54, 1.807) is 10.9 Å². The summed E-state index contributed by atoms with van der Waals surface area (Å²) in [6.45, 7) is 6.61. The molecule has 0 saturated heterocycles. The Hall–Kier alpha value is -1.56. The molecule has 5 nitrogen and oxygen atoms in total. The van der Waals surface area contributed by atoms with Gasteiger partial charge in [-0.25, -0.2) is 4.68 Å². The van der Waals surface area contributed by atoms with Crippen LogP contribution >= 0.6 is 12.4 Å². The quantitative estimate of drug-likeness (QED) is 0.939. The number of aromatic nitrogens is 4. The van der Waals surface area contributed by atoms with E-state index < -0.39 is 0 Å². The van der Waals surface area contributed by atoms with Gasteiger partial charge in [-0.05, 0) is 20.8 Å². The molecule has 0 fully saturated rings. The van der Waals surface area contributed by atoms with E-state index in [1.165, 1.54) is 4.68 Å². The van der Waals surface area contributed by atoms with Gasteiger partial charge in [0.25, 0.3) is 0 Å². The third-order valence-electron chi connectivity index (χ3n) is 3.04. The number of rotatable bonds is 4. The molecule has 2 heterocycles. The topological polar surface area (TPSA) is 47.7 Å². The van der Waals surface area contributed by atoms with Gasteiger partial charge in [-0.15, -0.1) is 12.4 Å². The van der Waals surface area contributed by atoms with Crippen LogP contribution in [0.25, 0.3) is 0 Å². The predicted molar refractivity (Wildman–Crippen MR) is 75.1 cm³/mol. The van der Waals surface area contributed by atoms with E-state index in [9.17, 15) is 4.39 Å². The van der Waals surface area contributed by atoms with Crippen molar-refractivity contribution in [2.75, 3.05) is 5.32 Å². The highest BCUT2D eigenvalue weighted by atomic mass is 35.5. The van der Waals surface area contributed by atoms with Crippen molar-refractivity contribution in [1.82, 2.24) is 19.6 Å². The molecule has 0 radical (unpaired) electrons. The molecule has 0 aliphatic heterocycles.